The van der Waals surface area contributed by atoms with Gasteiger partial charge in [-0.2, -0.15) is 0 Å². The van der Waals surface area contributed by atoms with Gasteiger partial charge in [0.1, 0.15) is 5.54 Å². The summed E-state index contributed by atoms with van der Waals surface area (Å²) in [7, 11) is 5.21. The predicted octanol–water partition coefficient (Wildman–Crippen LogP) is 7.79. The third kappa shape index (κ3) is 20.3. The van der Waals surface area contributed by atoms with Gasteiger partial charge in [-0.1, -0.05) is 125 Å². The topological polar surface area (TPSA) is 184 Å². The molecule has 2 saturated heterocycles. The van der Waals surface area contributed by atoms with Crippen LogP contribution in [0.4, 0.5) is 0 Å². The molecule has 0 bridgehead atoms. The molecule has 414 valence electrons. The largest absolute Gasteiger partial charge is 0.381 e. The fraction of sp³-hybridized carbons (Fsp3) is 0.737. The van der Waals surface area contributed by atoms with E-state index >= 15 is 0 Å². The second-order valence-electron chi connectivity index (χ2n) is 20.8. The first-order chi connectivity index (χ1) is 34.7. The van der Waals surface area contributed by atoms with Gasteiger partial charge in [-0.15, -0.1) is 0 Å². The lowest BCUT2D eigenvalue weighted by Crippen LogP contribution is -2.55. The van der Waals surface area contributed by atoms with E-state index in [1.165, 1.54) is 29.0 Å². The summed E-state index contributed by atoms with van der Waals surface area (Å²) in [6.45, 7) is 24.7. The molecule has 2 N–H and O–H groups in total. The van der Waals surface area contributed by atoms with Gasteiger partial charge in [-0.25, -0.2) is 5.06 Å². The Bertz CT molecular complexity index is 1820. The molecule has 0 radical (unpaired) electrons. The van der Waals surface area contributed by atoms with Crippen LogP contribution in [-0.4, -0.2) is 151 Å². The van der Waals surface area contributed by atoms with E-state index < -0.39 is 23.6 Å². The number of benzene rings is 1. The molecule has 1 aromatic carbocycles. The number of Topliss-reactive ketones (excluding diaryl/α,β-unsaturated/α-hetero) is 1. The lowest BCUT2D eigenvalue weighted by atomic mass is 9.87. The van der Waals surface area contributed by atoms with Gasteiger partial charge in [0, 0.05) is 46.0 Å². The monoisotopic (exact) mass is 1020 g/mol. The molecule has 3 heterocycles. The maximum absolute atomic E-state index is 13.4. The zero-order valence-corrected chi connectivity index (χ0v) is 47.3. The molecule has 8 atom stereocenters. The first-order valence-corrected chi connectivity index (χ1v) is 27.4. The van der Waals surface area contributed by atoms with Crippen molar-refractivity contribution < 1.29 is 47.9 Å². The number of hydroxylamine groups is 2. The fourth-order valence-electron chi connectivity index (χ4n) is 9.81. The maximum Gasteiger partial charge on any atom is 0.271 e. The predicted molar refractivity (Wildman–Crippen MR) is 287 cm³/mol. The second-order valence-corrected chi connectivity index (χ2v) is 20.8. The summed E-state index contributed by atoms with van der Waals surface area (Å²) in [5.41, 5.74) is -0.871. The van der Waals surface area contributed by atoms with Crippen LogP contribution in [0.1, 0.15) is 153 Å². The lowest BCUT2D eigenvalue weighted by Gasteiger charge is -2.36. The standard InChI is InChI=1S/C27H47N3O6.C22H37N3O4.C6H6.C2H6/c1-7-18(2)19(3)22(34-5)17-23(31)29-14-10-11-21(29)24(35-6)20(4)25(32)28-27(12-13-27)26(33)30-15-8-9-16-36-30;1-15(2)20(17(5)26)23-22(29)21(16(3)4)24(6)13-9-7-8-10-14-25-18(27)11-12-19(25)28;1-2-4-6-5-3-1;1-2/h18-22,24H,7-17H2,1-6H3,(H,28,32);11-12,15-16,20-21H,7-10,13-14H2,1-6H3,(H,23,29);1-6H;1-2H3/t;20-,21?;;/m.0../s1. The molecular formula is C57H96N6O10. The van der Waals surface area contributed by atoms with E-state index in [1.54, 1.807) is 14.2 Å². The minimum absolute atomic E-state index is 0.0244. The fourth-order valence-corrected chi connectivity index (χ4v) is 9.81. The van der Waals surface area contributed by atoms with Gasteiger partial charge in [0.05, 0.1) is 49.3 Å². The van der Waals surface area contributed by atoms with Gasteiger partial charge < -0.3 is 25.0 Å². The number of nitrogens with one attached hydrogen (secondary N) is 2. The Morgan fingerprint density at radius 1 is 0.795 bits per heavy atom. The smallest absolute Gasteiger partial charge is 0.271 e. The quantitative estimate of drug-likeness (QED) is 0.0720. The highest BCUT2D eigenvalue weighted by atomic mass is 16.7. The number of likely N-dealkylation sites (N-methyl/N-ethyl adjacent to an activating group) is 1. The number of ether oxygens (including phenoxy) is 2. The highest BCUT2D eigenvalue weighted by Crippen LogP contribution is 2.39. The van der Waals surface area contributed by atoms with Crippen LogP contribution in [0.5, 0.6) is 0 Å². The van der Waals surface area contributed by atoms with E-state index in [9.17, 15) is 33.6 Å². The average molecular weight is 1030 g/mol. The third-order valence-electron chi connectivity index (χ3n) is 14.7. The van der Waals surface area contributed by atoms with Crippen LogP contribution in [0.2, 0.25) is 0 Å². The zero-order valence-electron chi connectivity index (χ0n) is 47.3. The summed E-state index contributed by atoms with van der Waals surface area (Å²) >= 11 is 0. The summed E-state index contributed by atoms with van der Waals surface area (Å²) in [5.74, 6) is -0.527. The van der Waals surface area contributed by atoms with Gasteiger partial charge >= 0.3 is 0 Å². The Kier molecular flexibility index (Phi) is 29.6. The van der Waals surface area contributed by atoms with Crippen molar-refractivity contribution >= 4 is 41.2 Å². The molecule has 6 amide bonds. The molecule has 73 heavy (non-hydrogen) atoms. The van der Waals surface area contributed by atoms with Crippen LogP contribution >= 0.6 is 0 Å². The number of methoxy groups -OCH3 is 2. The number of hydrogen-bond acceptors (Lipinski definition) is 11. The van der Waals surface area contributed by atoms with E-state index in [2.05, 4.69) is 36.3 Å². The van der Waals surface area contributed by atoms with Crippen LogP contribution in [-0.2, 0) is 47.9 Å². The number of rotatable bonds is 25. The summed E-state index contributed by atoms with van der Waals surface area (Å²) in [5, 5.41) is 7.35. The highest BCUT2D eigenvalue weighted by Gasteiger charge is 2.55. The number of unbranched alkanes of at least 4 members (excludes halogenated alkanes) is 3. The van der Waals surface area contributed by atoms with Crippen molar-refractivity contribution in [2.45, 2.75) is 189 Å². The Hall–Kier alpha value is -4.51. The van der Waals surface area contributed by atoms with Crippen LogP contribution < -0.4 is 10.6 Å². The molecule has 1 aliphatic carbocycles. The number of likely N-dealkylation sites (tertiary alicyclic amines) is 1. The van der Waals surface area contributed by atoms with Gasteiger partial charge in [0.15, 0.2) is 5.78 Å². The molecule has 16 heteroatoms. The van der Waals surface area contributed by atoms with Crippen molar-refractivity contribution in [2.75, 3.05) is 54.1 Å². The van der Waals surface area contributed by atoms with Crippen molar-refractivity contribution in [2.24, 2.45) is 29.6 Å². The first kappa shape index (κ1) is 64.6. The summed E-state index contributed by atoms with van der Waals surface area (Å²) in [4.78, 5) is 98.1. The van der Waals surface area contributed by atoms with Crippen molar-refractivity contribution in [1.82, 2.24) is 30.4 Å². The van der Waals surface area contributed by atoms with Crippen LogP contribution in [0.25, 0.3) is 0 Å². The van der Waals surface area contributed by atoms with E-state index in [-0.39, 0.29) is 77.2 Å². The third-order valence-corrected chi connectivity index (χ3v) is 14.7. The molecule has 3 aliphatic heterocycles. The molecule has 16 nitrogen and oxygen atoms in total. The Labute approximate surface area is 439 Å². The second kappa shape index (κ2) is 33.4. The highest BCUT2D eigenvalue weighted by molar-refractivity contribution is 6.12. The number of hydrogen-bond donors (Lipinski definition) is 2. The number of nitrogens with zero attached hydrogens (tertiary/aromatic N) is 4. The minimum Gasteiger partial charge on any atom is -0.381 e. The van der Waals surface area contributed by atoms with Gasteiger partial charge in [-0.05, 0) is 95.6 Å². The van der Waals surface area contributed by atoms with Crippen molar-refractivity contribution in [3.05, 3.63) is 48.6 Å². The van der Waals surface area contributed by atoms with E-state index in [4.69, 9.17) is 14.3 Å². The van der Waals surface area contributed by atoms with E-state index in [0.717, 1.165) is 64.3 Å². The molecule has 4 aliphatic rings. The van der Waals surface area contributed by atoms with E-state index in [1.807, 2.05) is 96.8 Å². The molecule has 3 fully saturated rings. The summed E-state index contributed by atoms with van der Waals surface area (Å²) in [6, 6.07) is 11.1. The van der Waals surface area contributed by atoms with Gasteiger partial charge in [-0.3, -0.25) is 48.2 Å². The Morgan fingerprint density at radius 3 is 1.86 bits per heavy atom. The van der Waals surface area contributed by atoms with Gasteiger partial charge in [0.2, 0.25) is 17.7 Å². The summed E-state index contributed by atoms with van der Waals surface area (Å²) < 4.78 is 11.6. The Balaban J connectivity index is 0.000000441. The van der Waals surface area contributed by atoms with Crippen molar-refractivity contribution in [1.29, 1.82) is 0 Å². The van der Waals surface area contributed by atoms with E-state index in [0.29, 0.717) is 51.4 Å². The van der Waals surface area contributed by atoms with Gasteiger partial charge in [0.25, 0.3) is 17.7 Å². The number of carbonyl (C=O) groups excluding carboxylic acids is 7. The van der Waals surface area contributed by atoms with Crippen molar-refractivity contribution in [3.63, 3.8) is 0 Å². The maximum atomic E-state index is 13.4. The zero-order chi connectivity index (χ0) is 54.8. The number of imide groups is 1. The minimum atomic E-state index is -0.871. The molecule has 0 aromatic heterocycles. The average Bonchev–Trinajstić information content (AvgIpc) is 3.87. The lowest BCUT2D eigenvalue weighted by molar-refractivity contribution is -0.200. The number of amides is 6. The Morgan fingerprint density at radius 2 is 1.38 bits per heavy atom. The first-order valence-electron chi connectivity index (χ1n) is 27.4. The molecular weight excluding hydrogens is 929 g/mol. The molecule has 0 spiro atoms. The van der Waals surface area contributed by atoms with Crippen LogP contribution in [0.15, 0.2) is 48.6 Å². The van der Waals surface area contributed by atoms with Crippen molar-refractivity contribution in [3.8, 4) is 0 Å². The molecule has 7 unspecified atom stereocenters. The summed E-state index contributed by atoms with van der Waals surface area (Å²) in [6.07, 6.45) is 11.7. The molecule has 1 saturated carbocycles. The normalized spacial score (nSPS) is 19.8. The van der Waals surface area contributed by atoms with Crippen LogP contribution in [0, 0.1) is 29.6 Å². The number of ketones is 1. The number of carbonyl (C=O) groups is 7. The SMILES string of the molecule is CC.CC(=O)[C@@H](NC(=O)C(C(C)C)N(C)CCCCCCN1C(=O)C=CC1=O)C(C)C.CCC(C)C(C)C(CC(=O)N1CCCC1C(OC)C(C)C(=O)NC1(C(=O)N2CCCCO2)CC1)OC.c1ccccc1. The van der Waals surface area contributed by atoms with Crippen LogP contribution in [0.3, 0.4) is 0 Å². The molecule has 5 rings (SSSR count). The molecule has 1 aromatic rings.